The molecule has 0 fully saturated rings. The molecule has 14 heavy (non-hydrogen) atoms. The average molecular weight is 221 g/mol. The summed E-state index contributed by atoms with van der Waals surface area (Å²) in [7, 11) is -3.45. The number of hydrogen-bond donors (Lipinski definition) is 0. The molecule has 0 heterocycles. The molecule has 0 aliphatic rings. The van der Waals surface area contributed by atoms with Crippen LogP contribution in [0.25, 0.3) is 0 Å². The lowest BCUT2D eigenvalue weighted by molar-refractivity contribution is 0.336. The summed E-state index contributed by atoms with van der Waals surface area (Å²) in [4.78, 5) is 0. The van der Waals surface area contributed by atoms with Crippen molar-refractivity contribution in [2.45, 2.75) is 46.5 Å². The molecule has 0 N–H and O–H groups in total. The summed E-state index contributed by atoms with van der Waals surface area (Å²) in [6, 6.07) is 0. The van der Waals surface area contributed by atoms with E-state index in [0.717, 1.165) is 25.0 Å². The lowest BCUT2D eigenvalue weighted by Gasteiger charge is -2.02. The van der Waals surface area contributed by atoms with Crippen LogP contribution >= 0.6 is 0 Å². The monoisotopic (exact) mass is 221 g/mol. The van der Waals surface area contributed by atoms with Crippen LogP contribution in [0.2, 0.25) is 0 Å². The largest absolute Gasteiger partial charge is 0.328 e. The third-order valence-corrected chi connectivity index (χ3v) is 2.93. The topological polar surface area (TPSA) is 55.7 Å². The maximum Gasteiger partial charge on any atom is 0.328 e. The van der Waals surface area contributed by atoms with Gasteiger partial charge in [0.05, 0.1) is 11.5 Å². The Kier molecular flexibility index (Phi) is 6.53. The van der Waals surface area contributed by atoms with E-state index < -0.39 is 10.1 Å². The Morgan fingerprint density at radius 1 is 1.21 bits per heavy atom. The predicted molar refractivity (Wildman–Crippen MR) is 57.8 cm³/mol. The van der Waals surface area contributed by atoms with E-state index in [0.29, 0.717) is 6.42 Å². The standard InChI is InChI=1S/C9H19NO3S/c1-4-7-8-14(11,12)13-10-9(5-2)6-3/h4-8H2,1-3H3. The molecule has 0 amide bonds. The summed E-state index contributed by atoms with van der Waals surface area (Å²) >= 11 is 0. The molecule has 4 nitrogen and oxygen atoms in total. The van der Waals surface area contributed by atoms with Crippen molar-refractivity contribution in [3.8, 4) is 0 Å². The molecule has 0 rings (SSSR count). The first-order valence-electron chi connectivity index (χ1n) is 5.02. The van der Waals surface area contributed by atoms with Gasteiger partial charge in [-0.25, -0.2) is 0 Å². The van der Waals surface area contributed by atoms with Crippen molar-refractivity contribution in [3.05, 3.63) is 0 Å². The maximum absolute atomic E-state index is 11.2. The number of oxime groups is 1. The third kappa shape index (κ3) is 5.96. The Bertz CT molecular complexity index is 264. The fraction of sp³-hybridized carbons (Fsp3) is 0.889. The lowest BCUT2D eigenvalue weighted by atomic mass is 10.2. The van der Waals surface area contributed by atoms with E-state index in [4.69, 9.17) is 0 Å². The van der Waals surface area contributed by atoms with Crippen molar-refractivity contribution in [1.82, 2.24) is 0 Å². The summed E-state index contributed by atoms with van der Waals surface area (Å²) in [6.07, 6.45) is 2.89. The zero-order valence-electron chi connectivity index (χ0n) is 9.12. The van der Waals surface area contributed by atoms with Crippen molar-refractivity contribution in [1.29, 1.82) is 0 Å². The molecule has 0 radical (unpaired) electrons. The van der Waals surface area contributed by atoms with E-state index in [2.05, 4.69) is 9.44 Å². The van der Waals surface area contributed by atoms with E-state index in [1.807, 2.05) is 20.8 Å². The fourth-order valence-electron chi connectivity index (χ4n) is 0.847. The predicted octanol–water partition coefficient (Wildman–Crippen LogP) is 2.31. The highest BCUT2D eigenvalue weighted by Crippen LogP contribution is 2.01. The van der Waals surface area contributed by atoms with Crippen LogP contribution in [0, 0.1) is 0 Å². The van der Waals surface area contributed by atoms with Gasteiger partial charge in [-0.05, 0) is 19.3 Å². The summed E-state index contributed by atoms with van der Waals surface area (Å²) in [5, 5.41) is 3.61. The molecule has 0 bridgehead atoms. The molecular formula is C9H19NO3S. The van der Waals surface area contributed by atoms with E-state index in [9.17, 15) is 8.42 Å². The van der Waals surface area contributed by atoms with Crippen LogP contribution in [0.3, 0.4) is 0 Å². The lowest BCUT2D eigenvalue weighted by Crippen LogP contribution is -2.08. The molecule has 0 spiro atoms. The summed E-state index contributed by atoms with van der Waals surface area (Å²) in [5.41, 5.74) is 0.769. The van der Waals surface area contributed by atoms with Crippen LogP contribution in [0.1, 0.15) is 46.5 Å². The highest BCUT2D eigenvalue weighted by atomic mass is 32.2. The zero-order chi connectivity index (χ0) is 11.0. The van der Waals surface area contributed by atoms with Gasteiger partial charge in [0.1, 0.15) is 0 Å². The molecule has 0 aromatic rings. The van der Waals surface area contributed by atoms with Crippen LogP contribution in [0.15, 0.2) is 5.16 Å². The first kappa shape index (κ1) is 13.4. The highest BCUT2D eigenvalue weighted by molar-refractivity contribution is 7.86. The van der Waals surface area contributed by atoms with Gasteiger partial charge in [-0.3, -0.25) is 4.28 Å². The third-order valence-electron chi connectivity index (χ3n) is 1.84. The molecule has 0 aliphatic heterocycles. The van der Waals surface area contributed by atoms with Gasteiger partial charge < -0.3 is 0 Å². The second-order valence-corrected chi connectivity index (χ2v) is 4.73. The van der Waals surface area contributed by atoms with Gasteiger partial charge in [0.2, 0.25) is 0 Å². The maximum atomic E-state index is 11.2. The van der Waals surface area contributed by atoms with Crippen molar-refractivity contribution >= 4 is 15.8 Å². The normalized spacial score (nSPS) is 11.1. The summed E-state index contributed by atoms with van der Waals surface area (Å²) in [5.74, 6) is 0.0493. The number of hydrogen-bond acceptors (Lipinski definition) is 4. The smallest absolute Gasteiger partial charge is 0.269 e. The van der Waals surface area contributed by atoms with Gasteiger partial charge in [-0.1, -0.05) is 32.3 Å². The number of unbranched alkanes of at least 4 members (excludes halogenated alkanes) is 1. The minimum absolute atomic E-state index is 0.0493. The summed E-state index contributed by atoms with van der Waals surface area (Å²) < 4.78 is 26.9. The molecule has 0 aliphatic carbocycles. The second-order valence-electron chi connectivity index (χ2n) is 3.05. The van der Waals surface area contributed by atoms with Gasteiger partial charge >= 0.3 is 10.1 Å². The van der Waals surface area contributed by atoms with E-state index in [1.165, 1.54) is 0 Å². The van der Waals surface area contributed by atoms with Gasteiger partial charge in [-0.15, -0.1) is 0 Å². The van der Waals surface area contributed by atoms with E-state index in [-0.39, 0.29) is 5.75 Å². The van der Waals surface area contributed by atoms with Crippen LogP contribution in [0.5, 0.6) is 0 Å². The Morgan fingerprint density at radius 3 is 2.21 bits per heavy atom. The molecule has 0 aromatic carbocycles. The Morgan fingerprint density at radius 2 is 1.79 bits per heavy atom. The van der Waals surface area contributed by atoms with Crippen LogP contribution in [0.4, 0.5) is 0 Å². The Labute approximate surface area is 86.5 Å². The second kappa shape index (κ2) is 6.81. The minimum Gasteiger partial charge on any atom is -0.269 e. The summed E-state index contributed by atoms with van der Waals surface area (Å²) in [6.45, 7) is 5.77. The molecule has 5 heteroatoms. The molecule has 0 unspecified atom stereocenters. The van der Waals surface area contributed by atoms with Crippen LogP contribution in [-0.2, 0) is 14.4 Å². The molecular weight excluding hydrogens is 202 g/mol. The van der Waals surface area contributed by atoms with Gasteiger partial charge in [0.15, 0.2) is 0 Å². The van der Waals surface area contributed by atoms with Crippen LogP contribution in [-0.4, -0.2) is 19.9 Å². The average Bonchev–Trinajstić information content (AvgIpc) is 2.16. The van der Waals surface area contributed by atoms with Crippen molar-refractivity contribution in [2.24, 2.45) is 5.16 Å². The Hall–Kier alpha value is -0.580. The van der Waals surface area contributed by atoms with Gasteiger partial charge in [-0.2, -0.15) is 8.42 Å². The highest BCUT2D eigenvalue weighted by Gasteiger charge is 2.10. The van der Waals surface area contributed by atoms with Gasteiger partial charge in [0.25, 0.3) is 0 Å². The molecule has 0 saturated carbocycles. The van der Waals surface area contributed by atoms with Crippen molar-refractivity contribution in [3.63, 3.8) is 0 Å². The molecule has 0 aromatic heterocycles. The molecule has 0 saturated heterocycles. The first-order valence-corrected chi connectivity index (χ1v) is 6.60. The SMILES string of the molecule is CCCCS(=O)(=O)ON=C(CC)CC. The number of rotatable bonds is 7. The van der Waals surface area contributed by atoms with Crippen LogP contribution < -0.4 is 0 Å². The first-order chi connectivity index (χ1) is 6.55. The number of nitrogens with zero attached hydrogens (tertiary/aromatic N) is 1. The minimum atomic E-state index is -3.45. The molecule has 84 valence electrons. The zero-order valence-corrected chi connectivity index (χ0v) is 9.93. The quantitative estimate of drug-likeness (QED) is 0.489. The van der Waals surface area contributed by atoms with Crippen molar-refractivity contribution < 1.29 is 12.7 Å². The Balaban J connectivity index is 4.16. The van der Waals surface area contributed by atoms with Crippen molar-refractivity contribution in [2.75, 3.05) is 5.75 Å². The molecule has 0 atom stereocenters. The fourth-order valence-corrected chi connectivity index (χ4v) is 1.78. The van der Waals surface area contributed by atoms with Gasteiger partial charge in [0, 0.05) is 0 Å². The van der Waals surface area contributed by atoms with E-state index >= 15 is 0 Å². The van der Waals surface area contributed by atoms with E-state index in [1.54, 1.807) is 0 Å².